The molecule has 1 aliphatic carbocycles. The molecular weight excluding hydrogens is 1070 g/mol. The highest BCUT2D eigenvalue weighted by Crippen LogP contribution is 2.57. The van der Waals surface area contributed by atoms with E-state index in [1.807, 2.05) is 6.07 Å². The van der Waals surface area contributed by atoms with Gasteiger partial charge in [-0.3, -0.25) is 9.59 Å². The molecule has 4 aromatic carbocycles. The molecule has 1 amide bonds. The summed E-state index contributed by atoms with van der Waals surface area (Å²) < 4.78 is 65.3. The zero-order chi connectivity index (χ0) is 57.3. The molecule has 0 N–H and O–H groups in total. The molecule has 5 atom stereocenters. The van der Waals surface area contributed by atoms with E-state index in [0.29, 0.717) is 92.6 Å². The van der Waals surface area contributed by atoms with Crippen LogP contribution in [0.15, 0.2) is 83.7 Å². The Labute approximate surface area is 476 Å². The number of carbonyl (C=O) groups excluding carboxylic acids is 5. The number of piperidine rings is 2. The van der Waals surface area contributed by atoms with E-state index in [9.17, 15) is 28.8 Å². The summed E-state index contributed by atoms with van der Waals surface area (Å²) in [6, 6.07) is 22.4. The molecule has 6 aromatic rings. The van der Waals surface area contributed by atoms with Crippen molar-refractivity contribution in [2.24, 2.45) is 11.8 Å². The van der Waals surface area contributed by atoms with Gasteiger partial charge in [-0.2, -0.15) is 0 Å². The third kappa shape index (κ3) is 9.34. The standard InChI is InChI=1S/C62H60N4O17/c1-5-62(44-27-46-54-36(28-66(46)57(68)42(44)29-78-60(62)71)21-34-22-39(13-14-45(34)63-54)81-61(72)65-19-15-37(16-20-65)64-17-7-6-8-18-64)83-51(67)31-76-38-11-9-33(10-12-38)58(69)82-55-41-26-48-47(79-32-80-48)25-40(41)52(53-43(55)30-77-59(53)70)35-23-49(73-2)56(75-4)50(24-35)74-3/h9-14,21-27,37,43,52-53,55H,5-8,15-20,28-32H2,1-4H3/t43-,52+,53-,55-,62-/m0/s1. The van der Waals surface area contributed by atoms with Gasteiger partial charge in [0.2, 0.25) is 18.1 Å². The van der Waals surface area contributed by atoms with E-state index in [1.54, 1.807) is 64.9 Å². The van der Waals surface area contributed by atoms with Crippen LogP contribution in [0, 0.1) is 11.8 Å². The van der Waals surface area contributed by atoms with Gasteiger partial charge in [-0.1, -0.05) is 13.3 Å². The minimum atomic E-state index is -1.99. The second-order valence-electron chi connectivity index (χ2n) is 21.8. The largest absolute Gasteiger partial charge is 0.493 e. The van der Waals surface area contributed by atoms with Crippen LogP contribution in [0.5, 0.6) is 40.2 Å². The van der Waals surface area contributed by atoms with E-state index in [0.717, 1.165) is 31.5 Å². The normalized spacial score (nSPS) is 22.2. The van der Waals surface area contributed by atoms with E-state index in [2.05, 4.69) is 4.90 Å². The third-order valence-electron chi connectivity index (χ3n) is 17.4. The first-order valence-electron chi connectivity index (χ1n) is 28.0. The smallest absolute Gasteiger partial charge is 0.415 e. The maximum atomic E-state index is 14.3. The van der Waals surface area contributed by atoms with Crippen molar-refractivity contribution in [3.63, 3.8) is 0 Å². The molecule has 2 aromatic heterocycles. The molecule has 430 valence electrons. The Morgan fingerprint density at radius 1 is 0.771 bits per heavy atom. The van der Waals surface area contributed by atoms with Gasteiger partial charge < -0.3 is 66.5 Å². The third-order valence-corrected chi connectivity index (χ3v) is 17.4. The molecule has 0 radical (unpaired) electrons. The lowest BCUT2D eigenvalue weighted by Crippen LogP contribution is -2.48. The van der Waals surface area contributed by atoms with Gasteiger partial charge in [-0.05, 0) is 135 Å². The summed E-state index contributed by atoms with van der Waals surface area (Å²) in [5, 5.41) is 0.717. The highest BCUT2D eigenvalue weighted by Gasteiger charge is 2.55. The first kappa shape index (κ1) is 53.5. The van der Waals surface area contributed by atoms with E-state index in [4.69, 9.17) is 57.1 Å². The van der Waals surface area contributed by atoms with Gasteiger partial charge in [0.25, 0.3) is 5.56 Å². The molecule has 3 saturated heterocycles. The monoisotopic (exact) mass is 1130 g/mol. The van der Waals surface area contributed by atoms with E-state index < -0.39 is 65.5 Å². The number of cyclic esters (lactones) is 2. The van der Waals surface area contributed by atoms with Crippen molar-refractivity contribution in [2.45, 2.75) is 82.3 Å². The van der Waals surface area contributed by atoms with Crippen LogP contribution in [0.4, 0.5) is 4.79 Å². The number of aromatic nitrogens is 2. The zero-order valence-electron chi connectivity index (χ0n) is 46.2. The second-order valence-corrected chi connectivity index (χ2v) is 21.8. The minimum Gasteiger partial charge on any atom is -0.493 e. The van der Waals surface area contributed by atoms with Crippen LogP contribution in [-0.4, -0.2) is 123 Å². The lowest BCUT2D eigenvalue weighted by Gasteiger charge is -2.39. The van der Waals surface area contributed by atoms with Crippen molar-refractivity contribution >= 4 is 40.9 Å². The summed E-state index contributed by atoms with van der Waals surface area (Å²) in [5.41, 5.74) is 2.33. The number of likely N-dealkylation sites (tertiary alicyclic amines) is 2. The quantitative estimate of drug-likeness (QED) is 0.0794. The molecule has 3 fully saturated rings. The first-order valence-corrected chi connectivity index (χ1v) is 28.0. The predicted molar refractivity (Wildman–Crippen MR) is 293 cm³/mol. The van der Waals surface area contributed by atoms with Crippen LogP contribution < -0.4 is 38.7 Å². The number of methoxy groups -OCH3 is 3. The van der Waals surface area contributed by atoms with Gasteiger partial charge in [-0.15, -0.1) is 0 Å². The molecule has 21 heteroatoms. The summed E-state index contributed by atoms with van der Waals surface area (Å²) in [6.07, 6.45) is 4.18. The molecule has 0 spiro atoms. The van der Waals surface area contributed by atoms with E-state index in [-0.39, 0.29) is 61.5 Å². The molecule has 0 bridgehead atoms. The molecule has 8 heterocycles. The van der Waals surface area contributed by atoms with E-state index >= 15 is 0 Å². The number of benzene rings is 4. The molecule has 83 heavy (non-hydrogen) atoms. The van der Waals surface area contributed by atoms with Crippen molar-refractivity contribution in [3.05, 3.63) is 128 Å². The summed E-state index contributed by atoms with van der Waals surface area (Å²) in [4.78, 5) is 92.4. The second kappa shape index (κ2) is 21.5. The van der Waals surface area contributed by atoms with Gasteiger partial charge in [0.1, 0.15) is 24.2 Å². The molecule has 7 aliphatic rings. The average Bonchev–Trinajstić information content (AvgIpc) is 4.39. The van der Waals surface area contributed by atoms with Gasteiger partial charge >= 0.3 is 30.0 Å². The number of hydrogen-bond donors (Lipinski definition) is 0. The van der Waals surface area contributed by atoms with Crippen LogP contribution in [0.1, 0.15) is 101 Å². The SMILES string of the molecule is CC[C@@]1(OC(=O)COc2ccc(C(=O)O[C@H]3c4cc5c(cc4[C@@H](c4cc(OC)c(OC)c(OC)c4)[C@H]4C(=O)OC[C@@H]43)OCO5)cc2)C(=O)OCc2c1cc1n(c2=O)Cc2cc3cc(OC(=O)N4CCC(N5CCCCC5)CC4)ccc3nc2-1. The Morgan fingerprint density at radius 2 is 1.49 bits per heavy atom. The van der Waals surface area contributed by atoms with Crippen molar-refractivity contribution in [3.8, 4) is 51.6 Å². The number of fused-ring (bicyclic) bond motifs is 8. The van der Waals surface area contributed by atoms with Gasteiger partial charge in [0, 0.05) is 53.0 Å². The fourth-order valence-electron chi connectivity index (χ4n) is 13.2. The minimum absolute atomic E-state index is 0.0168. The van der Waals surface area contributed by atoms with Crippen molar-refractivity contribution in [1.82, 2.24) is 19.4 Å². The highest BCUT2D eigenvalue weighted by atomic mass is 16.7. The number of ether oxygens (including phenoxy) is 11. The Bertz CT molecular complexity index is 3670. The molecular formula is C62H60N4O17. The van der Waals surface area contributed by atoms with Gasteiger partial charge in [-0.25, -0.2) is 24.2 Å². The van der Waals surface area contributed by atoms with Crippen LogP contribution >= 0.6 is 0 Å². The Kier molecular flexibility index (Phi) is 13.8. The van der Waals surface area contributed by atoms with Crippen molar-refractivity contribution in [2.75, 3.05) is 67.5 Å². The van der Waals surface area contributed by atoms with Gasteiger partial charge in [0.15, 0.2) is 29.6 Å². The Balaban J connectivity index is 0.691. The number of rotatable bonds is 13. The molecule has 21 nitrogen and oxygen atoms in total. The number of hydrogen-bond acceptors (Lipinski definition) is 19. The molecule has 0 unspecified atom stereocenters. The van der Waals surface area contributed by atoms with Crippen LogP contribution in [0.25, 0.3) is 22.3 Å². The number of esters is 4. The summed E-state index contributed by atoms with van der Waals surface area (Å²) in [7, 11) is 4.52. The maximum absolute atomic E-state index is 14.3. The average molecular weight is 1130 g/mol. The molecule has 6 aliphatic heterocycles. The van der Waals surface area contributed by atoms with Crippen molar-refractivity contribution in [1.29, 1.82) is 0 Å². The number of carbonyl (C=O) groups is 5. The number of nitrogens with zero attached hydrogens (tertiary/aromatic N) is 4. The molecule has 0 saturated carbocycles. The fraction of sp³-hybridized carbons (Fsp3) is 0.403. The number of pyridine rings is 2. The Morgan fingerprint density at radius 3 is 2.20 bits per heavy atom. The molecule has 13 rings (SSSR count). The van der Waals surface area contributed by atoms with E-state index in [1.165, 1.54) is 64.9 Å². The topological polar surface area (TPSA) is 228 Å². The van der Waals surface area contributed by atoms with Crippen LogP contribution in [0.3, 0.4) is 0 Å². The first-order chi connectivity index (χ1) is 40.4. The Hall–Kier alpha value is -8.85. The van der Waals surface area contributed by atoms with Crippen LogP contribution in [-0.2, 0) is 52.1 Å². The van der Waals surface area contributed by atoms with Crippen molar-refractivity contribution < 1.29 is 76.1 Å². The zero-order valence-corrected chi connectivity index (χ0v) is 46.2. The van der Waals surface area contributed by atoms with Gasteiger partial charge in [0.05, 0.1) is 68.4 Å². The fourth-order valence-corrected chi connectivity index (χ4v) is 13.2. The summed E-state index contributed by atoms with van der Waals surface area (Å²) in [5.74, 6) is -2.28. The highest BCUT2D eigenvalue weighted by molar-refractivity contribution is 5.91. The van der Waals surface area contributed by atoms with Crippen LogP contribution in [0.2, 0.25) is 0 Å². The maximum Gasteiger partial charge on any atom is 0.415 e. The lowest BCUT2D eigenvalue weighted by atomic mass is 9.66. The summed E-state index contributed by atoms with van der Waals surface area (Å²) >= 11 is 0. The lowest BCUT2D eigenvalue weighted by molar-refractivity contribution is -0.190. The number of amides is 1. The predicted octanol–water partition coefficient (Wildman–Crippen LogP) is 7.75. The summed E-state index contributed by atoms with van der Waals surface area (Å²) in [6.45, 7) is 4.35.